The maximum atomic E-state index is 12.2. The van der Waals surface area contributed by atoms with Crippen LogP contribution in [-0.2, 0) is 14.9 Å². The predicted octanol–water partition coefficient (Wildman–Crippen LogP) is 2.40. The van der Waals surface area contributed by atoms with E-state index < -0.39 is 10.0 Å². The smallest absolute Gasteiger partial charge is 0.264 e. The monoisotopic (exact) mass is 362 g/mol. The molecule has 0 aliphatic carbocycles. The predicted molar refractivity (Wildman–Crippen MR) is 95.6 cm³/mol. The van der Waals surface area contributed by atoms with Crippen LogP contribution in [0.4, 0.5) is 0 Å². The Kier molecular flexibility index (Phi) is 6.30. The topological polar surface area (TPSA) is 75.7 Å². The zero-order valence-electron chi connectivity index (χ0n) is 14.5. The number of carbonyl (C=O) groups excluding carboxylic acids is 1. The van der Waals surface area contributed by atoms with Crippen LogP contribution in [0.25, 0.3) is 0 Å². The second-order valence-electron chi connectivity index (χ2n) is 5.64. The maximum absolute atomic E-state index is 12.2. The Bertz CT molecular complexity index is 805. The summed E-state index contributed by atoms with van der Waals surface area (Å²) in [5.74, 6) is -0.0630. The molecule has 0 aliphatic heterocycles. The number of nitrogens with zero attached hydrogens (tertiary/aromatic N) is 1. The Morgan fingerprint density at radius 1 is 1.12 bits per heavy atom. The Balaban J connectivity index is 2.01. The van der Waals surface area contributed by atoms with Crippen molar-refractivity contribution < 1.29 is 18.0 Å². The van der Waals surface area contributed by atoms with Crippen LogP contribution >= 0.6 is 0 Å². The first kappa shape index (κ1) is 19.1. The highest BCUT2D eigenvalue weighted by molar-refractivity contribution is 7.89. The molecule has 0 unspecified atom stereocenters. The van der Waals surface area contributed by atoms with Gasteiger partial charge in [0.1, 0.15) is 0 Å². The van der Waals surface area contributed by atoms with Crippen LogP contribution < -0.4 is 5.32 Å². The normalized spacial score (nSPS) is 12.8. The molecule has 0 bridgehead atoms. The van der Waals surface area contributed by atoms with E-state index in [9.17, 15) is 13.2 Å². The number of benzene rings is 2. The van der Waals surface area contributed by atoms with Crippen molar-refractivity contribution in [3.63, 3.8) is 0 Å². The van der Waals surface area contributed by atoms with E-state index in [0.29, 0.717) is 12.1 Å². The van der Waals surface area contributed by atoms with Gasteiger partial charge in [0.15, 0.2) is 0 Å². The molecule has 7 heteroatoms. The first-order chi connectivity index (χ1) is 11.9. The quantitative estimate of drug-likeness (QED) is 0.768. The van der Waals surface area contributed by atoms with Crippen molar-refractivity contribution in [2.45, 2.75) is 17.7 Å². The summed E-state index contributed by atoms with van der Waals surface area (Å²) in [6.45, 7) is 2.53. The average molecular weight is 362 g/mol. The lowest BCUT2D eigenvalue weighted by atomic mass is 10.0. The van der Waals surface area contributed by atoms with Crippen molar-refractivity contribution in [2.75, 3.05) is 20.7 Å². The number of rotatable bonds is 7. The minimum absolute atomic E-state index is 0.0612. The molecule has 2 rings (SSSR count). The first-order valence-corrected chi connectivity index (χ1v) is 9.26. The molecule has 0 aliphatic rings. The van der Waals surface area contributed by atoms with Crippen LogP contribution in [0.3, 0.4) is 0 Å². The highest BCUT2D eigenvalue weighted by Crippen LogP contribution is 2.16. The van der Waals surface area contributed by atoms with Gasteiger partial charge < -0.3 is 5.32 Å². The second kappa shape index (κ2) is 8.24. The van der Waals surface area contributed by atoms with Gasteiger partial charge in [-0.15, -0.1) is 0 Å². The molecule has 2 aromatic carbocycles. The summed E-state index contributed by atoms with van der Waals surface area (Å²) in [5, 5.41) is 2.87. The van der Waals surface area contributed by atoms with Gasteiger partial charge in [-0.3, -0.25) is 9.63 Å². The highest BCUT2D eigenvalue weighted by atomic mass is 32.2. The van der Waals surface area contributed by atoms with E-state index in [4.69, 9.17) is 4.84 Å². The van der Waals surface area contributed by atoms with Crippen molar-refractivity contribution in [1.82, 2.24) is 9.79 Å². The Hall–Kier alpha value is -2.22. The molecule has 1 atom stereocenters. The summed E-state index contributed by atoms with van der Waals surface area (Å²) < 4.78 is 25.0. The highest BCUT2D eigenvalue weighted by Gasteiger charge is 2.21. The summed E-state index contributed by atoms with van der Waals surface area (Å²) in [7, 11) is -1.14. The lowest BCUT2D eigenvalue weighted by Crippen LogP contribution is -2.28. The van der Waals surface area contributed by atoms with E-state index in [1.54, 1.807) is 0 Å². The maximum Gasteiger partial charge on any atom is 0.264 e. The van der Waals surface area contributed by atoms with E-state index in [1.165, 1.54) is 38.4 Å². The van der Waals surface area contributed by atoms with Gasteiger partial charge in [-0.25, -0.2) is 8.42 Å². The van der Waals surface area contributed by atoms with Crippen molar-refractivity contribution in [2.24, 2.45) is 0 Å². The molecule has 0 saturated carbocycles. The first-order valence-electron chi connectivity index (χ1n) is 7.82. The van der Waals surface area contributed by atoms with Gasteiger partial charge in [0.2, 0.25) is 0 Å². The van der Waals surface area contributed by atoms with Gasteiger partial charge in [-0.05, 0) is 35.7 Å². The fraction of sp³-hybridized carbons (Fsp3) is 0.278. The van der Waals surface area contributed by atoms with E-state index in [1.807, 2.05) is 37.3 Å². The third kappa shape index (κ3) is 4.66. The number of sulfonamides is 1. The van der Waals surface area contributed by atoms with E-state index in [-0.39, 0.29) is 16.7 Å². The van der Waals surface area contributed by atoms with Gasteiger partial charge in [-0.1, -0.05) is 41.7 Å². The lowest BCUT2D eigenvalue weighted by Gasteiger charge is -2.15. The molecule has 1 N–H and O–H groups in total. The zero-order valence-corrected chi connectivity index (χ0v) is 15.3. The average Bonchev–Trinajstić information content (AvgIpc) is 2.65. The minimum Gasteiger partial charge on any atom is -0.351 e. The third-order valence-corrected chi connectivity index (χ3v) is 5.64. The molecule has 2 aromatic rings. The fourth-order valence-corrected chi connectivity index (χ4v) is 3.25. The SMILES string of the molecule is CON(C)S(=O)(=O)c1ccc(C(=O)NC[C@@H](C)c2ccccc2)cc1. The number of carbonyl (C=O) groups is 1. The molecule has 1 amide bonds. The van der Waals surface area contributed by atoms with Gasteiger partial charge in [0.25, 0.3) is 15.9 Å². The Morgan fingerprint density at radius 2 is 1.72 bits per heavy atom. The van der Waals surface area contributed by atoms with Crippen LogP contribution in [0.2, 0.25) is 0 Å². The standard InChI is InChI=1S/C18H22N2O4S/c1-14(15-7-5-4-6-8-15)13-19-18(21)16-9-11-17(12-10-16)25(22,23)20(2)24-3/h4-12,14H,13H2,1-3H3,(H,19,21)/t14-/m1/s1. The number of nitrogens with one attached hydrogen (secondary N) is 1. The molecule has 0 heterocycles. The van der Waals surface area contributed by atoms with Crippen LogP contribution in [0, 0.1) is 0 Å². The van der Waals surface area contributed by atoms with Crippen LogP contribution in [-0.4, -0.2) is 39.5 Å². The van der Waals surface area contributed by atoms with Crippen LogP contribution in [0.5, 0.6) is 0 Å². The number of amides is 1. The van der Waals surface area contributed by atoms with E-state index in [0.717, 1.165) is 10.0 Å². The largest absolute Gasteiger partial charge is 0.351 e. The van der Waals surface area contributed by atoms with Crippen molar-refractivity contribution in [3.8, 4) is 0 Å². The van der Waals surface area contributed by atoms with Crippen LogP contribution in [0.15, 0.2) is 59.5 Å². The van der Waals surface area contributed by atoms with Gasteiger partial charge in [0.05, 0.1) is 12.0 Å². The minimum atomic E-state index is -3.71. The molecule has 0 fully saturated rings. The Morgan fingerprint density at radius 3 is 2.28 bits per heavy atom. The van der Waals surface area contributed by atoms with Crippen molar-refractivity contribution >= 4 is 15.9 Å². The van der Waals surface area contributed by atoms with Gasteiger partial charge in [0, 0.05) is 19.2 Å². The summed E-state index contributed by atoms with van der Waals surface area (Å²) in [6, 6.07) is 15.7. The van der Waals surface area contributed by atoms with Crippen LogP contribution in [0.1, 0.15) is 28.8 Å². The van der Waals surface area contributed by atoms with E-state index >= 15 is 0 Å². The summed E-state index contributed by atoms with van der Waals surface area (Å²) in [6.07, 6.45) is 0. The molecule has 25 heavy (non-hydrogen) atoms. The van der Waals surface area contributed by atoms with Crippen molar-refractivity contribution in [1.29, 1.82) is 0 Å². The van der Waals surface area contributed by atoms with Gasteiger partial charge in [-0.2, -0.15) is 0 Å². The molecule has 6 nitrogen and oxygen atoms in total. The third-order valence-electron chi connectivity index (χ3n) is 3.95. The van der Waals surface area contributed by atoms with Crippen molar-refractivity contribution in [3.05, 3.63) is 65.7 Å². The second-order valence-corrected chi connectivity index (χ2v) is 7.58. The molecule has 0 spiro atoms. The lowest BCUT2D eigenvalue weighted by molar-refractivity contribution is -0.0258. The summed E-state index contributed by atoms with van der Waals surface area (Å²) in [5.41, 5.74) is 1.55. The molecule has 0 radical (unpaired) electrons. The Labute approximate surface area is 148 Å². The zero-order chi connectivity index (χ0) is 18.4. The number of hydrogen-bond donors (Lipinski definition) is 1. The molecular weight excluding hydrogens is 340 g/mol. The molecule has 134 valence electrons. The molecule has 0 aromatic heterocycles. The van der Waals surface area contributed by atoms with E-state index in [2.05, 4.69) is 5.32 Å². The summed E-state index contributed by atoms with van der Waals surface area (Å²) >= 11 is 0. The molecule has 0 saturated heterocycles. The molecular formula is C18H22N2O4S. The van der Waals surface area contributed by atoms with Gasteiger partial charge >= 0.3 is 0 Å². The fourth-order valence-electron chi connectivity index (χ4n) is 2.27. The number of hydroxylamine groups is 1. The number of hydrogen-bond acceptors (Lipinski definition) is 4. The summed E-state index contributed by atoms with van der Waals surface area (Å²) in [4.78, 5) is 17.0.